The molecule has 0 aliphatic rings. The van der Waals surface area contributed by atoms with Crippen LogP contribution in [0.5, 0.6) is 0 Å². The van der Waals surface area contributed by atoms with Crippen LogP contribution >= 0.6 is 11.6 Å². The topological polar surface area (TPSA) is 81.5 Å². The molecule has 29 heavy (non-hydrogen) atoms. The van der Waals surface area contributed by atoms with E-state index >= 15 is 0 Å². The molecule has 3 aromatic rings. The van der Waals surface area contributed by atoms with E-state index < -0.39 is 10.0 Å². The summed E-state index contributed by atoms with van der Waals surface area (Å²) in [6, 6.07) is 11.6. The number of fused-ring (bicyclic) bond motifs is 1. The van der Waals surface area contributed by atoms with Crippen molar-refractivity contribution >= 4 is 44.3 Å². The highest BCUT2D eigenvalue weighted by molar-refractivity contribution is 7.90. The van der Waals surface area contributed by atoms with Crippen molar-refractivity contribution in [3.63, 3.8) is 0 Å². The van der Waals surface area contributed by atoms with Crippen molar-refractivity contribution in [1.29, 1.82) is 0 Å². The Kier molecular flexibility index (Phi) is 6.14. The Morgan fingerprint density at radius 1 is 1.21 bits per heavy atom. The quantitative estimate of drug-likeness (QED) is 0.417. The first-order valence-electron chi connectivity index (χ1n) is 9.00. The predicted molar refractivity (Wildman–Crippen MR) is 113 cm³/mol. The lowest BCUT2D eigenvalue weighted by Gasteiger charge is -2.16. The van der Waals surface area contributed by atoms with Crippen molar-refractivity contribution in [1.82, 2.24) is 8.96 Å². The smallest absolute Gasteiger partial charge is 0.305 e. The van der Waals surface area contributed by atoms with Crippen LogP contribution in [0.2, 0.25) is 5.15 Å². The SMILES string of the molecule is COC(=O)CCCc1cc2nc(Cl)ccc2n1S(=O)(=O)c1cccc(N(C)C)c1. The van der Waals surface area contributed by atoms with Gasteiger partial charge in [-0.25, -0.2) is 17.4 Å². The number of hydrogen-bond donors (Lipinski definition) is 0. The van der Waals surface area contributed by atoms with Crippen LogP contribution in [-0.2, 0) is 26.0 Å². The Bertz CT molecular complexity index is 1160. The molecule has 0 fully saturated rings. The summed E-state index contributed by atoms with van der Waals surface area (Å²) in [5, 5.41) is 0.280. The number of nitrogens with zero attached hydrogens (tertiary/aromatic N) is 3. The highest BCUT2D eigenvalue weighted by Gasteiger charge is 2.24. The lowest BCUT2D eigenvalue weighted by Crippen LogP contribution is -2.17. The average Bonchev–Trinajstić information content (AvgIpc) is 3.05. The number of ether oxygens (including phenoxy) is 1. The molecule has 0 saturated heterocycles. The third kappa shape index (κ3) is 4.38. The van der Waals surface area contributed by atoms with Crippen LogP contribution in [0, 0.1) is 0 Å². The molecule has 2 heterocycles. The fourth-order valence-electron chi connectivity index (χ4n) is 3.09. The first-order chi connectivity index (χ1) is 13.7. The summed E-state index contributed by atoms with van der Waals surface area (Å²) >= 11 is 6.00. The maximum Gasteiger partial charge on any atom is 0.305 e. The monoisotopic (exact) mass is 435 g/mol. The number of halogens is 1. The van der Waals surface area contributed by atoms with Gasteiger partial charge in [-0.05, 0) is 49.2 Å². The van der Waals surface area contributed by atoms with Crippen molar-refractivity contribution in [3.8, 4) is 0 Å². The van der Waals surface area contributed by atoms with Gasteiger partial charge >= 0.3 is 5.97 Å². The number of hydrogen-bond acceptors (Lipinski definition) is 6. The number of aromatic nitrogens is 2. The minimum atomic E-state index is -3.89. The standard InChI is InChI=1S/C20H22ClN3O4S/c1-23(2)14-6-4-8-16(12-14)29(26,27)24-15(7-5-9-20(25)28-3)13-17-18(24)10-11-19(21)22-17/h4,6,8,10-13H,5,7,9H2,1-3H3. The van der Waals surface area contributed by atoms with Gasteiger partial charge in [0.1, 0.15) is 5.15 Å². The van der Waals surface area contributed by atoms with Gasteiger partial charge in [0.2, 0.25) is 0 Å². The number of benzene rings is 1. The second kappa shape index (κ2) is 8.42. The maximum atomic E-state index is 13.5. The van der Waals surface area contributed by atoms with Gasteiger partial charge in [0.15, 0.2) is 0 Å². The summed E-state index contributed by atoms with van der Waals surface area (Å²) < 4.78 is 33.0. The van der Waals surface area contributed by atoms with E-state index in [2.05, 4.69) is 9.72 Å². The largest absolute Gasteiger partial charge is 0.469 e. The molecule has 0 bridgehead atoms. The van der Waals surface area contributed by atoms with Gasteiger partial charge in [0.05, 0.1) is 23.0 Å². The highest BCUT2D eigenvalue weighted by atomic mass is 35.5. The molecule has 154 valence electrons. The first kappa shape index (κ1) is 21.1. The summed E-state index contributed by atoms with van der Waals surface area (Å²) in [5.41, 5.74) is 2.24. The molecule has 3 rings (SSSR count). The average molecular weight is 436 g/mol. The van der Waals surface area contributed by atoms with Gasteiger partial charge in [-0.3, -0.25) is 4.79 Å². The summed E-state index contributed by atoms with van der Waals surface area (Å²) in [4.78, 5) is 17.7. The Hall–Kier alpha value is -2.58. The fourth-order valence-corrected chi connectivity index (χ4v) is 4.84. The van der Waals surface area contributed by atoms with Crippen LogP contribution in [0.4, 0.5) is 5.69 Å². The maximum absolute atomic E-state index is 13.5. The molecule has 7 nitrogen and oxygen atoms in total. The molecular weight excluding hydrogens is 414 g/mol. The van der Waals surface area contributed by atoms with E-state index in [0.717, 1.165) is 5.69 Å². The minimum Gasteiger partial charge on any atom is -0.469 e. The van der Waals surface area contributed by atoms with Crippen LogP contribution in [0.1, 0.15) is 18.5 Å². The van der Waals surface area contributed by atoms with Crippen molar-refractivity contribution in [2.24, 2.45) is 0 Å². The van der Waals surface area contributed by atoms with Crippen molar-refractivity contribution in [3.05, 3.63) is 53.3 Å². The number of anilines is 1. The van der Waals surface area contributed by atoms with Crippen LogP contribution in [-0.4, -0.2) is 44.5 Å². The van der Waals surface area contributed by atoms with Crippen LogP contribution in [0.15, 0.2) is 47.4 Å². The number of pyridine rings is 1. The lowest BCUT2D eigenvalue weighted by atomic mass is 10.2. The predicted octanol–water partition coefficient (Wildman–Crippen LogP) is 3.49. The van der Waals surface area contributed by atoms with Crippen molar-refractivity contribution in [2.75, 3.05) is 26.1 Å². The number of aryl methyl sites for hydroxylation is 1. The van der Waals surface area contributed by atoms with Crippen molar-refractivity contribution < 1.29 is 17.9 Å². The molecule has 0 N–H and O–H groups in total. The molecule has 0 atom stereocenters. The number of carbonyl (C=O) groups excluding carboxylic acids is 1. The molecule has 0 aliphatic heterocycles. The van der Waals surface area contributed by atoms with Gasteiger partial charge in [-0.15, -0.1) is 0 Å². The molecule has 2 aromatic heterocycles. The fraction of sp³-hybridized carbons (Fsp3) is 0.300. The van der Waals surface area contributed by atoms with E-state index in [-0.39, 0.29) is 22.4 Å². The third-order valence-corrected chi connectivity index (χ3v) is 6.54. The van der Waals surface area contributed by atoms with E-state index in [1.165, 1.54) is 11.1 Å². The molecule has 0 unspecified atom stereocenters. The molecule has 0 aliphatic carbocycles. The number of esters is 1. The second-order valence-electron chi connectivity index (χ2n) is 6.76. The molecule has 9 heteroatoms. The molecule has 1 aromatic carbocycles. The zero-order valence-electron chi connectivity index (χ0n) is 16.4. The van der Waals surface area contributed by atoms with Crippen LogP contribution in [0.25, 0.3) is 11.0 Å². The molecule has 0 radical (unpaired) electrons. The van der Waals surface area contributed by atoms with Gasteiger partial charge in [-0.2, -0.15) is 0 Å². The van der Waals surface area contributed by atoms with Gasteiger partial charge in [0.25, 0.3) is 10.0 Å². The molecule has 0 amide bonds. The van der Waals surface area contributed by atoms with Crippen LogP contribution < -0.4 is 4.90 Å². The number of carbonyl (C=O) groups is 1. The Labute approximate surface area is 174 Å². The molecule has 0 saturated carbocycles. The first-order valence-corrected chi connectivity index (χ1v) is 10.8. The third-order valence-electron chi connectivity index (χ3n) is 4.57. The molecule has 0 spiro atoms. The lowest BCUT2D eigenvalue weighted by molar-refractivity contribution is -0.140. The van der Waals surface area contributed by atoms with Gasteiger partial charge < -0.3 is 9.64 Å². The summed E-state index contributed by atoms with van der Waals surface area (Å²) in [5.74, 6) is -0.338. The van der Waals surface area contributed by atoms with Crippen molar-refractivity contribution in [2.45, 2.75) is 24.2 Å². The highest BCUT2D eigenvalue weighted by Crippen LogP contribution is 2.28. The number of methoxy groups -OCH3 is 1. The summed E-state index contributed by atoms with van der Waals surface area (Å²) in [7, 11) is 1.14. The van der Waals surface area contributed by atoms with E-state index in [0.29, 0.717) is 29.6 Å². The van der Waals surface area contributed by atoms with E-state index in [9.17, 15) is 13.2 Å². The van der Waals surface area contributed by atoms with Gasteiger partial charge in [0, 0.05) is 31.9 Å². The Morgan fingerprint density at radius 3 is 2.66 bits per heavy atom. The van der Waals surface area contributed by atoms with E-state index in [1.807, 2.05) is 25.1 Å². The van der Waals surface area contributed by atoms with E-state index in [1.54, 1.807) is 36.4 Å². The Morgan fingerprint density at radius 2 is 1.97 bits per heavy atom. The number of rotatable bonds is 7. The van der Waals surface area contributed by atoms with Crippen LogP contribution in [0.3, 0.4) is 0 Å². The van der Waals surface area contributed by atoms with Gasteiger partial charge in [-0.1, -0.05) is 17.7 Å². The molecular formula is C20H22ClN3O4S. The zero-order chi connectivity index (χ0) is 21.2. The Balaban J connectivity index is 2.11. The van der Waals surface area contributed by atoms with E-state index in [4.69, 9.17) is 11.6 Å². The second-order valence-corrected chi connectivity index (χ2v) is 8.94. The summed E-state index contributed by atoms with van der Waals surface area (Å²) in [6.45, 7) is 0. The normalized spacial score (nSPS) is 11.6. The zero-order valence-corrected chi connectivity index (χ0v) is 18.0. The summed E-state index contributed by atoms with van der Waals surface area (Å²) in [6.07, 6.45) is 1.02. The minimum absolute atomic E-state index is 0.172.